The van der Waals surface area contributed by atoms with E-state index in [9.17, 15) is 4.79 Å². The van der Waals surface area contributed by atoms with Gasteiger partial charge in [0.15, 0.2) is 0 Å². The molecule has 2 atom stereocenters. The summed E-state index contributed by atoms with van der Waals surface area (Å²) in [6.45, 7) is 5.19. The van der Waals surface area contributed by atoms with Gasteiger partial charge in [0, 0.05) is 24.0 Å². The number of anilines is 1. The van der Waals surface area contributed by atoms with E-state index in [0.29, 0.717) is 5.92 Å². The van der Waals surface area contributed by atoms with E-state index in [1.54, 1.807) is 7.11 Å². The van der Waals surface area contributed by atoms with Crippen LogP contribution in [0.5, 0.6) is 5.75 Å². The lowest BCUT2D eigenvalue weighted by Crippen LogP contribution is -2.12. The number of aromatic nitrogens is 2. The first kappa shape index (κ1) is 14.6. The fourth-order valence-electron chi connectivity index (χ4n) is 2.97. The van der Waals surface area contributed by atoms with Crippen LogP contribution in [-0.4, -0.2) is 23.2 Å². The number of carbonyl (C=O) groups is 1. The van der Waals surface area contributed by atoms with Crippen molar-refractivity contribution in [1.29, 1.82) is 0 Å². The van der Waals surface area contributed by atoms with Crippen LogP contribution in [0.3, 0.4) is 0 Å². The van der Waals surface area contributed by atoms with Gasteiger partial charge >= 0.3 is 0 Å². The van der Waals surface area contributed by atoms with E-state index in [1.807, 2.05) is 35.3 Å². The second kappa shape index (κ2) is 5.83. The number of fused-ring (bicyclic) bond motifs is 1. The maximum atomic E-state index is 11.6. The number of benzene rings is 1. The first-order valence-electron chi connectivity index (χ1n) is 7.54. The van der Waals surface area contributed by atoms with Crippen LogP contribution in [0.25, 0.3) is 0 Å². The number of methoxy groups -OCH3 is 1. The number of nitrogens with zero attached hydrogens (tertiary/aromatic N) is 2. The molecule has 0 spiro atoms. The van der Waals surface area contributed by atoms with Gasteiger partial charge in [-0.25, -0.2) is 0 Å². The molecule has 0 bridgehead atoms. The Morgan fingerprint density at radius 3 is 2.95 bits per heavy atom. The Hall–Kier alpha value is -2.30. The van der Waals surface area contributed by atoms with Gasteiger partial charge < -0.3 is 14.8 Å². The molecule has 22 heavy (non-hydrogen) atoms. The smallest absolute Gasteiger partial charge is 0.129 e. The van der Waals surface area contributed by atoms with E-state index in [0.717, 1.165) is 35.4 Å². The number of hydrogen-bond acceptors (Lipinski definition) is 4. The zero-order valence-electron chi connectivity index (χ0n) is 13.1. The Kier molecular flexibility index (Phi) is 3.88. The van der Waals surface area contributed by atoms with Crippen LogP contribution < -0.4 is 10.1 Å². The molecule has 2 unspecified atom stereocenters. The second-order valence-electron chi connectivity index (χ2n) is 6.13. The molecule has 0 amide bonds. The molecule has 1 aromatic heterocycles. The van der Waals surface area contributed by atoms with Crippen LogP contribution in [0.15, 0.2) is 30.6 Å². The summed E-state index contributed by atoms with van der Waals surface area (Å²) in [7, 11) is 1.63. The van der Waals surface area contributed by atoms with Crippen LogP contribution in [0, 0.1) is 5.92 Å². The number of hydrogen-bond donors (Lipinski definition) is 1. The highest BCUT2D eigenvalue weighted by molar-refractivity contribution is 5.76. The lowest BCUT2D eigenvalue weighted by Gasteiger charge is -2.13. The summed E-state index contributed by atoms with van der Waals surface area (Å²) in [6, 6.07) is 5.72. The number of nitrogens with one attached hydrogen (secondary N) is 1. The van der Waals surface area contributed by atoms with Gasteiger partial charge in [-0.15, -0.1) is 0 Å². The van der Waals surface area contributed by atoms with E-state index in [2.05, 4.69) is 24.3 Å². The summed E-state index contributed by atoms with van der Waals surface area (Å²) < 4.78 is 7.20. The zero-order chi connectivity index (χ0) is 15.7. The molecular weight excluding hydrogens is 278 g/mol. The van der Waals surface area contributed by atoms with Crippen LogP contribution in [0.2, 0.25) is 0 Å². The zero-order valence-corrected chi connectivity index (χ0v) is 13.1. The largest absolute Gasteiger partial charge is 0.497 e. The normalized spacial score (nSPS) is 19.8. The van der Waals surface area contributed by atoms with E-state index in [-0.39, 0.29) is 12.0 Å². The first-order valence-corrected chi connectivity index (χ1v) is 7.54. The van der Waals surface area contributed by atoms with Crippen LogP contribution in [0.1, 0.15) is 36.9 Å². The molecule has 1 aliphatic heterocycles. The highest BCUT2D eigenvalue weighted by Gasteiger charge is 2.34. The van der Waals surface area contributed by atoms with Gasteiger partial charge in [0.2, 0.25) is 0 Å². The van der Waals surface area contributed by atoms with E-state index in [1.165, 1.54) is 0 Å². The van der Waals surface area contributed by atoms with Crippen molar-refractivity contribution in [3.8, 4) is 5.75 Å². The molecule has 1 N–H and O–H groups in total. The number of rotatable bonds is 5. The summed E-state index contributed by atoms with van der Waals surface area (Å²) in [5.74, 6) is 1.08. The van der Waals surface area contributed by atoms with Crippen LogP contribution in [-0.2, 0) is 11.3 Å². The average molecular weight is 299 g/mol. The van der Waals surface area contributed by atoms with Gasteiger partial charge in [0.1, 0.15) is 12.0 Å². The molecule has 2 heterocycles. The highest BCUT2D eigenvalue weighted by atomic mass is 16.5. The predicted octanol–water partition coefficient (Wildman–Crippen LogP) is 3.00. The standard InChI is InChI=1S/C17H21N3O2/c1-11(2)8-20-9-12(7-18-20)17-15(10-21)14-6-13(22-3)4-5-16(14)19-17/h4-7,9-11,15,17,19H,8H2,1-3H3. The highest BCUT2D eigenvalue weighted by Crippen LogP contribution is 2.44. The van der Waals surface area contributed by atoms with Crippen molar-refractivity contribution < 1.29 is 9.53 Å². The van der Waals surface area contributed by atoms with Crippen molar-refractivity contribution >= 4 is 12.0 Å². The summed E-state index contributed by atoms with van der Waals surface area (Å²) in [5.41, 5.74) is 3.00. The van der Waals surface area contributed by atoms with Crippen molar-refractivity contribution in [1.82, 2.24) is 9.78 Å². The maximum absolute atomic E-state index is 11.6. The Bertz CT molecular complexity index is 678. The van der Waals surface area contributed by atoms with Gasteiger partial charge in [-0.1, -0.05) is 13.8 Å². The molecular formula is C17H21N3O2. The van der Waals surface area contributed by atoms with Crippen LogP contribution in [0.4, 0.5) is 5.69 Å². The third-order valence-electron chi connectivity index (χ3n) is 4.00. The fourth-order valence-corrected chi connectivity index (χ4v) is 2.97. The molecule has 3 rings (SSSR count). The first-order chi connectivity index (χ1) is 10.6. The summed E-state index contributed by atoms with van der Waals surface area (Å²) in [5, 5.41) is 7.83. The molecule has 5 heteroatoms. The molecule has 0 aliphatic carbocycles. The second-order valence-corrected chi connectivity index (χ2v) is 6.13. The monoisotopic (exact) mass is 299 g/mol. The van der Waals surface area contributed by atoms with Crippen molar-refractivity contribution in [3.05, 3.63) is 41.7 Å². The lowest BCUT2D eigenvalue weighted by atomic mass is 9.93. The molecule has 0 saturated carbocycles. The van der Waals surface area contributed by atoms with Gasteiger partial charge in [-0.2, -0.15) is 5.10 Å². The SMILES string of the molecule is COc1ccc2c(c1)C(C=O)C(c1cnn(CC(C)C)c1)N2. The van der Waals surface area contributed by atoms with Crippen molar-refractivity contribution in [2.24, 2.45) is 5.92 Å². The van der Waals surface area contributed by atoms with E-state index >= 15 is 0 Å². The molecule has 1 aliphatic rings. The minimum Gasteiger partial charge on any atom is -0.497 e. The molecule has 2 aromatic rings. The molecule has 5 nitrogen and oxygen atoms in total. The van der Waals surface area contributed by atoms with Crippen LogP contribution >= 0.6 is 0 Å². The number of ether oxygens (including phenoxy) is 1. The van der Waals surface area contributed by atoms with Gasteiger partial charge in [-0.05, 0) is 29.7 Å². The van der Waals surface area contributed by atoms with Crippen molar-refractivity contribution in [2.45, 2.75) is 32.4 Å². The van der Waals surface area contributed by atoms with E-state index < -0.39 is 0 Å². The molecule has 1 aromatic carbocycles. The van der Waals surface area contributed by atoms with Crippen molar-refractivity contribution in [2.75, 3.05) is 12.4 Å². The molecule has 116 valence electrons. The Morgan fingerprint density at radius 1 is 1.45 bits per heavy atom. The van der Waals surface area contributed by atoms with Crippen molar-refractivity contribution in [3.63, 3.8) is 0 Å². The van der Waals surface area contributed by atoms with Gasteiger partial charge in [-0.3, -0.25) is 4.68 Å². The van der Waals surface area contributed by atoms with Gasteiger partial charge in [0.05, 0.1) is 25.3 Å². The third-order valence-corrected chi connectivity index (χ3v) is 4.00. The quantitative estimate of drug-likeness (QED) is 0.862. The Balaban J connectivity index is 1.89. The Labute approximate surface area is 130 Å². The van der Waals surface area contributed by atoms with Gasteiger partial charge in [0.25, 0.3) is 0 Å². The fraction of sp³-hybridized carbons (Fsp3) is 0.412. The molecule has 0 saturated heterocycles. The van der Waals surface area contributed by atoms with E-state index in [4.69, 9.17) is 4.74 Å². The number of aldehydes is 1. The molecule has 0 fully saturated rings. The number of carbonyl (C=O) groups excluding carboxylic acids is 1. The third kappa shape index (κ3) is 2.58. The minimum atomic E-state index is -0.221. The predicted molar refractivity (Wildman–Crippen MR) is 85.2 cm³/mol. The minimum absolute atomic E-state index is 0.0690. The summed E-state index contributed by atoms with van der Waals surface area (Å²) in [4.78, 5) is 11.6. The topological polar surface area (TPSA) is 56.1 Å². The average Bonchev–Trinajstić information content (AvgIpc) is 3.09. The summed E-state index contributed by atoms with van der Waals surface area (Å²) >= 11 is 0. The maximum Gasteiger partial charge on any atom is 0.129 e. The lowest BCUT2D eigenvalue weighted by molar-refractivity contribution is -0.109. The summed E-state index contributed by atoms with van der Waals surface area (Å²) in [6.07, 6.45) is 4.87. The Morgan fingerprint density at radius 2 is 2.27 bits per heavy atom. The molecule has 0 radical (unpaired) electrons.